The Morgan fingerprint density at radius 3 is 2.67 bits per heavy atom. The molecule has 0 fully saturated rings. The number of ether oxygens (including phenoxy) is 1. The van der Waals surface area contributed by atoms with Crippen LogP contribution in [-0.4, -0.2) is 19.8 Å². The van der Waals surface area contributed by atoms with Gasteiger partial charge in [-0.25, -0.2) is 4.79 Å². The third-order valence-electron chi connectivity index (χ3n) is 1.88. The van der Waals surface area contributed by atoms with E-state index in [9.17, 15) is 4.79 Å². The molecule has 0 aliphatic heterocycles. The number of carbonyl (C=O) groups excluding carboxylic acids is 1. The Bertz CT molecular complexity index is 427. The number of hydrogen-bond donors (Lipinski definition) is 0. The predicted octanol–water partition coefficient (Wildman–Crippen LogP) is 3.01. The van der Waals surface area contributed by atoms with Crippen LogP contribution in [0.5, 0.6) is 0 Å². The maximum absolute atomic E-state index is 11.2. The first-order valence-corrected chi connectivity index (χ1v) is 4.51. The molecule has 1 aromatic rings. The highest BCUT2D eigenvalue weighted by atomic mass is 35.5. The normalized spacial score (nSPS) is 9.47. The summed E-state index contributed by atoms with van der Waals surface area (Å²) in [6, 6.07) is 4.82. The minimum Gasteiger partial charge on any atom is -0.465 e. The van der Waals surface area contributed by atoms with E-state index >= 15 is 0 Å². The van der Waals surface area contributed by atoms with Crippen molar-refractivity contribution in [2.75, 3.05) is 7.11 Å². The summed E-state index contributed by atoms with van der Waals surface area (Å²) in [5.41, 5.74) is 1.57. The average molecular weight is 224 g/mol. The molecule has 0 atom stereocenters. The maximum atomic E-state index is 11.2. The van der Waals surface area contributed by atoms with E-state index in [-0.39, 0.29) is 0 Å². The van der Waals surface area contributed by atoms with Crippen LogP contribution >= 0.6 is 11.6 Å². The molecular formula is C11H10ClNO2. The van der Waals surface area contributed by atoms with E-state index in [1.165, 1.54) is 7.11 Å². The zero-order chi connectivity index (χ0) is 11.4. The lowest BCUT2D eigenvalue weighted by molar-refractivity contribution is 0.0601. The number of carbonyl (C=O) groups is 1. The number of rotatable bonds is 3. The summed E-state index contributed by atoms with van der Waals surface area (Å²) in [4.78, 5) is 15.0. The molecule has 3 nitrogen and oxygen atoms in total. The third kappa shape index (κ3) is 2.44. The summed E-state index contributed by atoms with van der Waals surface area (Å²) >= 11 is 5.75. The smallest absolute Gasteiger partial charge is 0.337 e. The highest BCUT2D eigenvalue weighted by Crippen LogP contribution is 2.28. The Hall–Kier alpha value is -1.61. The summed E-state index contributed by atoms with van der Waals surface area (Å²) in [7, 11) is 1.32. The van der Waals surface area contributed by atoms with Crippen molar-refractivity contribution in [3.05, 3.63) is 35.9 Å². The molecule has 0 saturated carbocycles. The first-order valence-electron chi connectivity index (χ1n) is 4.14. The fraction of sp³-hybridized carbons (Fsp3) is 0.0909. The van der Waals surface area contributed by atoms with E-state index in [1.807, 2.05) is 0 Å². The molecule has 0 N–H and O–H groups in total. The van der Waals surface area contributed by atoms with E-state index in [2.05, 4.69) is 23.0 Å². The third-order valence-corrected chi connectivity index (χ3v) is 2.09. The molecule has 0 heterocycles. The molecule has 1 aromatic carbocycles. The summed E-state index contributed by atoms with van der Waals surface area (Å²) < 4.78 is 4.58. The standard InChI is InChI=1S/C11H10ClNO2/c1-7(12)9-5-4-8(11(14)15-3)6-10(9)13-2/h4-6H,1-2H2,3H3. The van der Waals surface area contributed by atoms with Crippen molar-refractivity contribution in [1.82, 2.24) is 0 Å². The Kier molecular flexibility index (Phi) is 3.63. The molecule has 78 valence electrons. The van der Waals surface area contributed by atoms with Gasteiger partial charge in [-0.05, 0) is 18.9 Å². The van der Waals surface area contributed by atoms with Gasteiger partial charge in [-0.15, -0.1) is 0 Å². The molecule has 0 bridgehead atoms. The van der Waals surface area contributed by atoms with Gasteiger partial charge in [-0.2, -0.15) is 0 Å². The van der Waals surface area contributed by atoms with Gasteiger partial charge < -0.3 is 4.74 Å². The largest absolute Gasteiger partial charge is 0.465 e. The van der Waals surface area contributed by atoms with Crippen LogP contribution in [0.4, 0.5) is 5.69 Å². The van der Waals surface area contributed by atoms with E-state index in [1.54, 1.807) is 18.2 Å². The highest BCUT2D eigenvalue weighted by Gasteiger charge is 2.09. The molecule has 0 aromatic heterocycles. The number of esters is 1. The van der Waals surface area contributed by atoms with Gasteiger partial charge in [0, 0.05) is 10.6 Å². The van der Waals surface area contributed by atoms with Gasteiger partial charge in [0.1, 0.15) is 0 Å². The molecule has 4 heteroatoms. The fourth-order valence-corrected chi connectivity index (χ4v) is 1.30. The average Bonchev–Trinajstić information content (AvgIpc) is 2.26. The number of hydrogen-bond acceptors (Lipinski definition) is 3. The number of benzene rings is 1. The van der Waals surface area contributed by atoms with Gasteiger partial charge in [-0.3, -0.25) is 4.99 Å². The van der Waals surface area contributed by atoms with Crippen molar-refractivity contribution in [3.63, 3.8) is 0 Å². The fourth-order valence-electron chi connectivity index (χ4n) is 1.14. The molecular weight excluding hydrogens is 214 g/mol. The second-order valence-corrected chi connectivity index (χ2v) is 3.24. The minimum atomic E-state index is -0.424. The Morgan fingerprint density at radius 1 is 1.53 bits per heavy atom. The van der Waals surface area contributed by atoms with Gasteiger partial charge in [0.2, 0.25) is 0 Å². The summed E-state index contributed by atoms with van der Waals surface area (Å²) in [5, 5.41) is 0.355. The van der Waals surface area contributed by atoms with E-state index in [0.29, 0.717) is 21.8 Å². The zero-order valence-corrected chi connectivity index (χ0v) is 9.04. The lowest BCUT2D eigenvalue weighted by atomic mass is 10.1. The quantitative estimate of drug-likeness (QED) is 0.584. The van der Waals surface area contributed by atoms with Crippen molar-refractivity contribution in [3.8, 4) is 0 Å². The van der Waals surface area contributed by atoms with Crippen LogP contribution in [0.15, 0.2) is 29.8 Å². The van der Waals surface area contributed by atoms with Crippen LogP contribution in [-0.2, 0) is 4.74 Å². The van der Waals surface area contributed by atoms with Gasteiger partial charge in [0.15, 0.2) is 0 Å². The first-order chi connectivity index (χ1) is 7.10. The highest BCUT2D eigenvalue weighted by molar-refractivity contribution is 6.48. The minimum absolute atomic E-state index is 0.355. The monoisotopic (exact) mass is 223 g/mol. The molecule has 0 unspecified atom stereocenters. The molecule has 0 saturated heterocycles. The van der Waals surface area contributed by atoms with Crippen molar-refractivity contribution in [2.24, 2.45) is 4.99 Å². The lowest BCUT2D eigenvalue weighted by Gasteiger charge is -2.05. The van der Waals surface area contributed by atoms with Gasteiger partial charge in [0.05, 0.1) is 18.4 Å². The van der Waals surface area contributed by atoms with Crippen LogP contribution in [0, 0.1) is 0 Å². The van der Waals surface area contributed by atoms with Gasteiger partial charge in [-0.1, -0.05) is 24.2 Å². The molecule has 0 amide bonds. The second-order valence-electron chi connectivity index (χ2n) is 2.79. The van der Waals surface area contributed by atoms with Crippen molar-refractivity contribution in [2.45, 2.75) is 0 Å². The van der Waals surface area contributed by atoms with Gasteiger partial charge in [0.25, 0.3) is 0 Å². The number of methoxy groups -OCH3 is 1. The van der Waals surface area contributed by atoms with Crippen LogP contribution in [0.2, 0.25) is 0 Å². The number of halogens is 1. The van der Waals surface area contributed by atoms with Crippen molar-refractivity contribution < 1.29 is 9.53 Å². The van der Waals surface area contributed by atoms with Crippen molar-refractivity contribution in [1.29, 1.82) is 0 Å². The summed E-state index contributed by atoms with van der Waals surface area (Å²) in [6.45, 7) is 6.99. The van der Waals surface area contributed by atoms with Crippen LogP contribution < -0.4 is 0 Å². The molecule has 0 aliphatic carbocycles. The van der Waals surface area contributed by atoms with Gasteiger partial charge >= 0.3 is 5.97 Å². The molecule has 0 spiro atoms. The van der Waals surface area contributed by atoms with E-state index in [4.69, 9.17) is 11.6 Å². The molecule has 0 radical (unpaired) electrons. The molecule has 0 aliphatic rings. The summed E-state index contributed by atoms with van der Waals surface area (Å²) in [6.07, 6.45) is 0. The Morgan fingerprint density at radius 2 is 2.20 bits per heavy atom. The maximum Gasteiger partial charge on any atom is 0.337 e. The Balaban J connectivity index is 3.24. The van der Waals surface area contributed by atoms with Crippen LogP contribution in [0.25, 0.3) is 5.03 Å². The molecule has 15 heavy (non-hydrogen) atoms. The van der Waals surface area contributed by atoms with E-state index < -0.39 is 5.97 Å². The predicted molar refractivity (Wildman–Crippen MR) is 61.9 cm³/mol. The lowest BCUT2D eigenvalue weighted by Crippen LogP contribution is -2.00. The Labute approximate surface area is 93.0 Å². The second kappa shape index (κ2) is 4.75. The first kappa shape index (κ1) is 11.5. The van der Waals surface area contributed by atoms with Crippen molar-refractivity contribution >= 4 is 35.0 Å². The topological polar surface area (TPSA) is 38.7 Å². The SMILES string of the molecule is C=Nc1cc(C(=O)OC)ccc1C(=C)Cl. The van der Waals surface area contributed by atoms with Crippen LogP contribution in [0.1, 0.15) is 15.9 Å². The zero-order valence-electron chi connectivity index (χ0n) is 8.29. The molecule has 1 rings (SSSR count). The number of nitrogens with zero attached hydrogens (tertiary/aromatic N) is 1. The van der Waals surface area contributed by atoms with E-state index in [0.717, 1.165) is 0 Å². The number of aliphatic imine (C=N–C) groups is 1. The summed E-state index contributed by atoms with van der Waals surface area (Å²) in [5.74, 6) is -0.424. The van der Waals surface area contributed by atoms with Crippen LogP contribution in [0.3, 0.4) is 0 Å².